The van der Waals surface area contributed by atoms with Gasteiger partial charge in [-0.25, -0.2) is 0 Å². The van der Waals surface area contributed by atoms with Crippen LogP contribution in [0, 0.1) is 20.8 Å². The molecule has 5 heteroatoms. The Labute approximate surface area is 164 Å². The van der Waals surface area contributed by atoms with Crippen molar-refractivity contribution in [3.63, 3.8) is 0 Å². The fraction of sp³-hybridized carbons (Fsp3) is 0.391. The summed E-state index contributed by atoms with van der Waals surface area (Å²) in [6.45, 7) is 5.77. The number of likely N-dealkylation sites (tertiary alicyclic amines) is 1. The van der Waals surface area contributed by atoms with Crippen molar-refractivity contribution < 1.29 is 19.1 Å². The van der Waals surface area contributed by atoms with E-state index < -0.39 is 17.7 Å². The van der Waals surface area contributed by atoms with E-state index in [4.69, 9.17) is 4.42 Å². The van der Waals surface area contributed by atoms with Crippen LogP contribution in [0.4, 0.5) is 0 Å². The molecule has 1 saturated carbocycles. The number of nitrogens with zero attached hydrogens (tertiary/aromatic N) is 1. The van der Waals surface area contributed by atoms with Crippen LogP contribution < -0.4 is 0 Å². The zero-order valence-electron chi connectivity index (χ0n) is 16.5. The van der Waals surface area contributed by atoms with E-state index in [0.717, 1.165) is 36.8 Å². The highest BCUT2D eigenvalue weighted by Crippen LogP contribution is 2.43. The van der Waals surface area contributed by atoms with Gasteiger partial charge >= 0.3 is 0 Å². The van der Waals surface area contributed by atoms with Crippen molar-refractivity contribution in [2.75, 3.05) is 0 Å². The highest BCUT2D eigenvalue weighted by Gasteiger charge is 2.50. The second kappa shape index (κ2) is 6.97. The lowest BCUT2D eigenvalue weighted by atomic mass is 9.97. The molecule has 1 aliphatic carbocycles. The quantitative estimate of drug-likeness (QED) is 0.482. The summed E-state index contributed by atoms with van der Waals surface area (Å²) in [6.07, 6.45) is 3.81. The zero-order chi connectivity index (χ0) is 20.0. The minimum absolute atomic E-state index is 0.00286. The third kappa shape index (κ3) is 2.95. The van der Waals surface area contributed by atoms with Gasteiger partial charge in [0.05, 0.1) is 5.57 Å². The van der Waals surface area contributed by atoms with Gasteiger partial charge in [0.1, 0.15) is 23.3 Å². The number of aryl methyl sites for hydroxylation is 3. The Kier molecular flexibility index (Phi) is 4.61. The summed E-state index contributed by atoms with van der Waals surface area (Å²) in [7, 11) is 0. The molecule has 2 fully saturated rings. The molecule has 1 atom stereocenters. The average molecular weight is 379 g/mol. The monoisotopic (exact) mass is 379 g/mol. The summed E-state index contributed by atoms with van der Waals surface area (Å²) < 4.78 is 5.82. The van der Waals surface area contributed by atoms with E-state index in [-0.39, 0.29) is 17.4 Å². The summed E-state index contributed by atoms with van der Waals surface area (Å²) >= 11 is 0. The van der Waals surface area contributed by atoms with Crippen molar-refractivity contribution in [2.45, 2.75) is 58.5 Å². The van der Waals surface area contributed by atoms with E-state index in [1.165, 1.54) is 0 Å². The molecule has 0 spiro atoms. The number of aliphatic hydroxyl groups is 1. The molecule has 28 heavy (non-hydrogen) atoms. The van der Waals surface area contributed by atoms with Gasteiger partial charge in [0.15, 0.2) is 0 Å². The van der Waals surface area contributed by atoms with E-state index in [9.17, 15) is 14.7 Å². The van der Waals surface area contributed by atoms with Crippen LogP contribution in [0.25, 0.3) is 5.76 Å². The van der Waals surface area contributed by atoms with Crippen molar-refractivity contribution in [3.8, 4) is 0 Å². The SMILES string of the molecule is Cc1ccc(C2/C(=C(/O)c3ccc(C)c(C)c3)C(=O)C(=O)N2C2CCCC2)o1. The number of amides is 1. The molecule has 1 aromatic heterocycles. The first-order valence-electron chi connectivity index (χ1n) is 9.82. The molecular formula is C23H25NO4. The van der Waals surface area contributed by atoms with Crippen LogP contribution in [0.5, 0.6) is 0 Å². The summed E-state index contributed by atoms with van der Waals surface area (Å²) in [6, 6.07) is 8.46. The molecule has 1 N–H and O–H groups in total. The predicted molar refractivity (Wildman–Crippen MR) is 106 cm³/mol. The normalized spacial score (nSPS) is 22.4. The molecular weight excluding hydrogens is 354 g/mol. The Bertz CT molecular complexity index is 978. The Hall–Kier alpha value is -2.82. The van der Waals surface area contributed by atoms with E-state index in [1.54, 1.807) is 17.0 Å². The summed E-state index contributed by atoms with van der Waals surface area (Å²) in [5.41, 5.74) is 2.77. The third-order valence-corrected chi connectivity index (χ3v) is 6.01. The van der Waals surface area contributed by atoms with Crippen LogP contribution in [0.3, 0.4) is 0 Å². The van der Waals surface area contributed by atoms with Gasteiger partial charge in [-0.15, -0.1) is 0 Å². The van der Waals surface area contributed by atoms with Crippen LogP contribution >= 0.6 is 0 Å². The fourth-order valence-corrected chi connectivity index (χ4v) is 4.33. The first kappa shape index (κ1) is 18.5. The minimum Gasteiger partial charge on any atom is -0.507 e. The van der Waals surface area contributed by atoms with Gasteiger partial charge in [-0.3, -0.25) is 9.59 Å². The summed E-state index contributed by atoms with van der Waals surface area (Å²) in [5.74, 6) is -0.0915. The second-order valence-electron chi connectivity index (χ2n) is 7.89. The zero-order valence-corrected chi connectivity index (χ0v) is 16.5. The number of carbonyl (C=O) groups excluding carboxylic acids is 2. The smallest absolute Gasteiger partial charge is 0.296 e. The predicted octanol–water partition coefficient (Wildman–Crippen LogP) is 4.57. The number of rotatable bonds is 3. The Morgan fingerprint density at radius 2 is 1.75 bits per heavy atom. The topological polar surface area (TPSA) is 70.8 Å². The molecule has 0 bridgehead atoms. The number of benzene rings is 1. The van der Waals surface area contributed by atoms with Crippen molar-refractivity contribution in [1.82, 2.24) is 4.90 Å². The molecule has 5 nitrogen and oxygen atoms in total. The Morgan fingerprint density at radius 1 is 1.04 bits per heavy atom. The first-order valence-corrected chi connectivity index (χ1v) is 9.82. The molecule has 2 aromatic rings. The van der Waals surface area contributed by atoms with Crippen LogP contribution in [-0.4, -0.2) is 27.7 Å². The molecule has 1 aromatic carbocycles. The standard InChI is InChI=1S/C23H25NO4/c1-13-8-10-16(12-14(13)2)21(25)19-20(18-11-9-15(3)28-18)24(23(27)22(19)26)17-6-4-5-7-17/h8-12,17,20,25H,4-7H2,1-3H3/b21-19-. The van der Waals surface area contributed by atoms with Crippen LogP contribution in [0.1, 0.15) is 59.9 Å². The molecule has 1 amide bonds. The van der Waals surface area contributed by atoms with E-state index in [1.807, 2.05) is 39.0 Å². The van der Waals surface area contributed by atoms with Gasteiger partial charge in [-0.2, -0.15) is 0 Å². The molecule has 146 valence electrons. The van der Waals surface area contributed by atoms with Crippen LogP contribution in [-0.2, 0) is 9.59 Å². The molecule has 0 radical (unpaired) electrons. The first-order chi connectivity index (χ1) is 13.4. The van der Waals surface area contributed by atoms with E-state index in [2.05, 4.69) is 0 Å². The molecule has 1 unspecified atom stereocenters. The lowest BCUT2D eigenvalue weighted by Gasteiger charge is -2.29. The number of ketones is 1. The van der Waals surface area contributed by atoms with Crippen LogP contribution in [0.15, 0.2) is 40.3 Å². The molecule has 1 aliphatic heterocycles. The lowest BCUT2D eigenvalue weighted by molar-refractivity contribution is -0.141. The minimum atomic E-state index is -0.682. The summed E-state index contributed by atoms with van der Waals surface area (Å²) in [4.78, 5) is 27.6. The van der Waals surface area contributed by atoms with E-state index in [0.29, 0.717) is 17.1 Å². The Balaban J connectivity index is 1.88. The number of furan rings is 1. The van der Waals surface area contributed by atoms with Gasteiger partial charge in [0, 0.05) is 11.6 Å². The number of hydrogen-bond donors (Lipinski definition) is 1. The maximum atomic E-state index is 13.0. The van der Waals surface area contributed by atoms with E-state index >= 15 is 0 Å². The summed E-state index contributed by atoms with van der Waals surface area (Å²) in [5, 5.41) is 11.1. The Morgan fingerprint density at radius 3 is 2.36 bits per heavy atom. The number of carbonyl (C=O) groups is 2. The molecule has 2 heterocycles. The molecule has 1 saturated heterocycles. The van der Waals surface area contributed by atoms with Crippen molar-refractivity contribution in [2.24, 2.45) is 0 Å². The number of Topliss-reactive ketones (excluding diaryl/α,β-unsaturated/α-hetero) is 1. The largest absolute Gasteiger partial charge is 0.507 e. The van der Waals surface area contributed by atoms with Gasteiger partial charge in [0.2, 0.25) is 0 Å². The number of hydrogen-bond acceptors (Lipinski definition) is 4. The lowest BCUT2D eigenvalue weighted by Crippen LogP contribution is -2.37. The second-order valence-corrected chi connectivity index (χ2v) is 7.89. The average Bonchev–Trinajstić information content (AvgIpc) is 3.38. The molecule has 4 rings (SSSR count). The van der Waals surface area contributed by atoms with Crippen LogP contribution in [0.2, 0.25) is 0 Å². The third-order valence-electron chi connectivity index (χ3n) is 6.01. The van der Waals surface area contributed by atoms with Gasteiger partial charge in [0.25, 0.3) is 11.7 Å². The molecule has 2 aliphatic rings. The number of aliphatic hydroxyl groups excluding tert-OH is 1. The van der Waals surface area contributed by atoms with Gasteiger partial charge in [-0.05, 0) is 62.9 Å². The van der Waals surface area contributed by atoms with Crippen molar-refractivity contribution in [3.05, 3.63) is 64.1 Å². The fourth-order valence-electron chi connectivity index (χ4n) is 4.33. The highest BCUT2D eigenvalue weighted by molar-refractivity contribution is 6.46. The van der Waals surface area contributed by atoms with Crippen molar-refractivity contribution >= 4 is 17.4 Å². The highest BCUT2D eigenvalue weighted by atomic mass is 16.3. The van der Waals surface area contributed by atoms with Crippen molar-refractivity contribution in [1.29, 1.82) is 0 Å². The van der Waals surface area contributed by atoms with Gasteiger partial charge in [-0.1, -0.05) is 25.0 Å². The maximum Gasteiger partial charge on any atom is 0.296 e. The van der Waals surface area contributed by atoms with Gasteiger partial charge < -0.3 is 14.4 Å². The maximum absolute atomic E-state index is 13.0.